The van der Waals surface area contributed by atoms with Crippen molar-refractivity contribution < 1.29 is 0 Å². The van der Waals surface area contributed by atoms with Gasteiger partial charge in [-0.25, -0.2) is 0 Å². The van der Waals surface area contributed by atoms with Gasteiger partial charge in [0.1, 0.15) is 5.82 Å². The summed E-state index contributed by atoms with van der Waals surface area (Å²) in [6, 6.07) is 6.25. The van der Waals surface area contributed by atoms with Crippen molar-refractivity contribution in [3.8, 4) is 0 Å². The zero-order chi connectivity index (χ0) is 15.4. The van der Waals surface area contributed by atoms with E-state index in [1.165, 1.54) is 11.1 Å². The lowest BCUT2D eigenvalue weighted by Gasteiger charge is -2.20. The van der Waals surface area contributed by atoms with Crippen LogP contribution in [0.15, 0.2) is 23.1 Å². The van der Waals surface area contributed by atoms with Crippen molar-refractivity contribution in [3.63, 3.8) is 0 Å². The second-order valence-corrected chi connectivity index (χ2v) is 5.45. The van der Waals surface area contributed by atoms with Crippen molar-refractivity contribution in [2.24, 2.45) is 0 Å². The summed E-state index contributed by atoms with van der Waals surface area (Å²) in [5.41, 5.74) is 8.14. The molecule has 0 aliphatic rings. The number of aromatic nitrogens is 3. The largest absolute Gasteiger partial charge is 0.368 e. The Hall–Kier alpha value is -1.82. The standard InChI is InChI=1S/C15H21N5S/c1-4-12(11-8-10(21)7-6-9(11)3)17-15-19-13(5-2)18-14(16)20-15/h6-8,12,21H,4-5H2,1-3H3,(H3,16,17,18,19,20). The van der Waals surface area contributed by atoms with E-state index >= 15 is 0 Å². The highest BCUT2D eigenvalue weighted by Crippen LogP contribution is 2.26. The number of benzene rings is 1. The number of anilines is 2. The molecule has 1 aromatic heterocycles. The van der Waals surface area contributed by atoms with E-state index in [1.54, 1.807) is 0 Å². The van der Waals surface area contributed by atoms with Crippen LogP contribution in [0.2, 0.25) is 0 Å². The molecule has 6 heteroatoms. The predicted molar refractivity (Wildman–Crippen MR) is 88.7 cm³/mol. The lowest BCUT2D eigenvalue weighted by molar-refractivity contribution is 0.726. The number of nitrogens with one attached hydrogen (secondary N) is 1. The van der Waals surface area contributed by atoms with Crippen LogP contribution in [0.5, 0.6) is 0 Å². The summed E-state index contributed by atoms with van der Waals surface area (Å²) < 4.78 is 0. The minimum absolute atomic E-state index is 0.114. The molecule has 0 radical (unpaired) electrons. The molecule has 3 N–H and O–H groups in total. The highest BCUT2D eigenvalue weighted by Gasteiger charge is 2.14. The molecule has 0 spiro atoms. The first kappa shape index (κ1) is 15.6. The summed E-state index contributed by atoms with van der Waals surface area (Å²) in [7, 11) is 0. The highest BCUT2D eigenvalue weighted by molar-refractivity contribution is 7.80. The number of hydrogen-bond donors (Lipinski definition) is 3. The van der Waals surface area contributed by atoms with E-state index in [-0.39, 0.29) is 12.0 Å². The number of thiol groups is 1. The lowest BCUT2D eigenvalue weighted by Crippen LogP contribution is -2.15. The molecule has 2 aromatic rings. The van der Waals surface area contributed by atoms with Crippen LogP contribution in [0.3, 0.4) is 0 Å². The fourth-order valence-electron chi connectivity index (χ4n) is 2.22. The summed E-state index contributed by atoms with van der Waals surface area (Å²) in [6.07, 6.45) is 1.63. The van der Waals surface area contributed by atoms with Crippen molar-refractivity contribution in [2.75, 3.05) is 11.1 Å². The molecular weight excluding hydrogens is 282 g/mol. The van der Waals surface area contributed by atoms with Crippen LogP contribution >= 0.6 is 12.6 Å². The molecule has 0 aliphatic heterocycles. The molecule has 2 rings (SSSR count). The Morgan fingerprint density at radius 2 is 2.00 bits per heavy atom. The van der Waals surface area contributed by atoms with E-state index in [1.807, 2.05) is 13.0 Å². The first-order chi connectivity index (χ1) is 10.0. The van der Waals surface area contributed by atoms with Gasteiger partial charge < -0.3 is 11.1 Å². The van der Waals surface area contributed by atoms with Crippen LogP contribution in [-0.4, -0.2) is 15.0 Å². The SMILES string of the molecule is CCc1nc(N)nc(NC(CC)c2cc(S)ccc2C)n1. The number of rotatable bonds is 5. The number of hydrogen-bond acceptors (Lipinski definition) is 6. The van der Waals surface area contributed by atoms with Gasteiger partial charge >= 0.3 is 0 Å². The Kier molecular flexibility index (Phi) is 5.01. The molecular formula is C15H21N5S. The molecule has 0 bridgehead atoms. The molecule has 0 aliphatic carbocycles. The Morgan fingerprint density at radius 1 is 1.24 bits per heavy atom. The van der Waals surface area contributed by atoms with Crippen molar-refractivity contribution in [2.45, 2.75) is 44.6 Å². The van der Waals surface area contributed by atoms with Gasteiger partial charge in [0.15, 0.2) is 0 Å². The quantitative estimate of drug-likeness (QED) is 0.740. The van der Waals surface area contributed by atoms with Crippen molar-refractivity contribution in [1.82, 2.24) is 15.0 Å². The third-order valence-electron chi connectivity index (χ3n) is 3.37. The van der Waals surface area contributed by atoms with Crippen molar-refractivity contribution >= 4 is 24.5 Å². The van der Waals surface area contributed by atoms with Crippen LogP contribution in [-0.2, 0) is 6.42 Å². The molecule has 0 saturated heterocycles. The van der Waals surface area contributed by atoms with Gasteiger partial charge in [-0.15, -0.1) is 12.6 Å². The van der Waals surface area contributed by atoms with E-state index in [4.69, 9.17) is 5.73 Å². The van der Waals surface area contributed by atoms with E-state index < -0.39 is 0 Å². The first-order valence-corrected chi connectivity index (χ1v) is 7.54. The van der Waals surface area contributed by atoms with Gasteiger partial charge in [-0.3, -0.25) is 0 Å². The molecule has 0 amide bonds. The van der Waals surface area contributed by atoms with Crippen LogP contribution in [0.1, 0.15) is 43.3 Å². The predicted octanol–water partition coefficient (Wildman–Crippen LogP) is 3.18. The number of aryl methyl sites for hydroxylation is 2. The molecule has 1 aromatic carbocycles. The topological polar surface area (TPSA) is 76.7 Å². The summed E-state index contributed by atoms with van der Waals surface area (Å²) in [5.74, 6) is 1.47. The van der Waals surface area contributed by atoms with Gasteiger partial charge in [-0.05, 0) is 36.6 Å². The fraction of sp³-hybridized carbons (Fsp3) is 0.400. The molecule has 5 nitrogen and oxygen atoms in total. The minimum atomic E-state index is 0.114. The van der Waals surface area contributed by atoms with Crippen LogP contribution in [0.25, 0.3) is 0 Å². The monoisotopic (exact) mass is 303 g/mol. The van der Waals surface area contributed by atoms with Crippen LogP contribution in [0, 0.1) is 6.92 Å². The molecule has 0 fully saturated rings. The Labute approximate surface area is 130 Å². The number of nitrogens with zero attached hydrogens (tertiary/aromatic N) is 3. The van der Waals surface area contributed by atoms with E-state index in [0.29, 0.717) is 11.8 Å². The average molecular weight is 303 g/mol. The molecule has 0 saturated carbocycles. The number of nitrogens with two attached hydrogens (primary N) is 1. The summed E-state index contributed by atoms with van der Waals surface area (Å²) in [4.78, 5) is 13.6. The maximum Gasteiger partial charge on any atom is 0.228 e. The van der Waals surface area contributed by atoms with Gasteiger partial charge in [0.25, 0.3) is 0 Å². The van der Waals surface area contributed by atoms with Crippen LogP contribution in [0.4, 0.5) is 11.9 Å². The third-order valence-corrected chi connectivity index (χ3v) is 3.64. The minimum Gasteiger partial charge on any atom is -0.368 e. The van der Waals surface area contributed by atoms with Gasteiger partial charge in [0.05, 0.1) is 6.04 Å². The smallest absolute Gasteiger partial charge is 0.228 e. The summed E-state index contributed by atoms with van der Waals surface area (Å²) in [6.45, 7) is 6.20. The second kappa shape index (κ2) is 6.76. The van der Waals surface area contributed by atoms with Gasteiger partial charge in [0, 0.05) is 11.3 Å². The first-order valence-electron chi connectivity index (χ1n) is 7.10. The Bertz CT molecular complexity index is 629. The highest BCUT2D eigenvalue weighted by atomic mass is 32.1. The second-order valence-electron chi connectivity index (χ2n) is 4.93. The van der Waals surface area contributed by atoms with Crippen LogP contribution < -0.4 is 11.1 Å². The number of nitrogen functional groups attached to an aromatic ring is 1. The Balaban J connectivity index is 2.31. The fourth-order valence-corrected chi connectivity index (χ4v) is 2.43. The molecule has 21 heavy (non-hydrogen) atoms. The van der Waals surface area contributed by atoms with Crippen molar-refractivity contribution in [3.05, 3.63) is 35.2 Å². The van der Waals surface area contributed by atoms with Gasteiger partial charge in [-0.1, -0.05) is 19.9 Å². The van der Waals surface area contributed by atoms with Gasteiger partial charge in [0.2, 0.25) is 11.9 Å². The lowest BCUT2D eigenvalue weighted by atomic mass is 9.99. The maximum atomic E-state index is 5.73. The van der Waals surface area contributed by atoms with E-state index in [0.717, 1.165) is 17.7 Å². The maximum absolute atomic E-state index is 5.73. The van der Waals surface area contributed by atoms with E-state index in [2.05, 4.69) is 58.9 Å². The molecule has 1 unspecified atom stereocenters. The zero-order valence-corrected chi connectivity index (χ0v) is 13.5. The van der Waals surface area contributed by atoms with Crippen molar-refractivity contribution in [1.29, 1.82) is 0 Å². The Morgan fingerprint density at radius 3 is 2.67 bits per heavy atom. The van der Waals surface area contributed by atoms with Gasteiger partial charge in [-0.2, -0.15) is 15.0 Å². The van der Waals surface area contributed by atoms with E-state index in [9.17, 15) is 0 Å². The third kappa shape index (κ3) is 3.85. The summed E-state index contributed by atoms with van der Waals surface area (Å²) in [5, 5.41) is 3.35. The molecule has 112 valence electrons. The average Bonchev–Trinajstić information content (AvgIpc) is 2.47. The zero-order valence-electron chi connectivity index (χ0n) is 12.6. The summed E-state index contributed by atoms with van der Waals surface area (Å²) >= 11 is 4.42. The molecule has 1 atom stereocenters. The normalized spacial score (nSPS) is 12.2. The molecule has 1 heterocycles.